The number of hydrogen-bond acceptors (Lipinski definition) is 6. The number of nitrogens with one attached hydrogen (secondary N) is 1. The summed E-state index contributed by atoms with van der Waals surface area (Å²) in [5.41, 5.74) is 0. The van der Waals surface area contributed by atoms with Crippen LogP contribution < -0.4 is 5.32 Å². The van der Waals surface area contributed by atoms with Gasteiger partial charge in [0.2, 0.25) is 0 Å². The Balaban J connectivity index is 3.84. The van der Waals surface area contributed by atoms with Crippen LogP contribution in [0, 0.1) is 0 Å². The van der Waals surface area contributed by atoms with Gasteiger partial charge in [0.1, 0.15) is 24.4 Å². The Labute approximate surface area is 239 Å². The molecule has 8 nitrogen and oxygen atoms in total. The molecule has 2 N–H and O–H groups in total. The van der Waals surface area contributed by atoms with Crippen molar-refractivity contribution in [3.8, 4) is 0 Å². The molecule has 0 saturated carbocycles. The second-order valence-electron chi connectivity index (χ2n) is 10.8. The summed E-state index contributed by atoms with van der Waals surface area (Å²) in [5.74, 6) is -1.89. The number of carbonyl (C=O) groups is 2. The van der Waals surface area contributed by atoms with Gasteiger partial charge in [-0.2, -0.15) is 0 Å². The molecule has 230 valence electrons. The highest BCUT2D eigenvalue weighted by Gasteiger charge is 2.56. The third kappa shape index (κ3) is 8.92. The van der Waals surface area contributed by atoms with Crippen LogP contribution in [0.25, 0.3) is 0 Å². The van der Waals surface area contributed by atoms with Gasteiger partial charge >= 0.3 is 5.97 Å². The number of carboxylic acid groups (broad SMARTS) is 1. The van der Waals surface area contributed by atoms with Crippen LogP contribution in [0.2, 0.25) is 54.4 Å². The largest absolute Gasteiger partial charge is 0.479 e. The molecule has 0 aromatic carbocycles. The lowest BCUT2D eigenvalue weighted by molar-refractivity contribution is -0.216. The normalized spacial score (nSPS) is 24.5. The third-order valence-electron chi connectivity index (χ3n) is 9.46. The molecule has 0 radical (unpaired) electrons. The zero-order chi connectivity index (χ0) is 29.9. The Bertz CT molecular complexity index is 726. The molecule has 39 heavy (non-hydrogen) atoms. The van der Waals surface area contributed by atoms with Crippen molar-refractivity contribution in [2.24, 2.45) is 0 Å². The lowest BCUT2D eigenvalue weighted by atomic mass is 9.95. The second-order valence-corrected chi connectivity index (χ2v) is 25.0. The zero-order valence-electron chi connectivity index (χ0n) is 25.9. The van der Waals surface area contributed by atoms with E-state index in [0.717, 1.165) is 54.4 Å². The summed E-state index contributed by atoms with van der Waals surface area (Å²) in [4.78, 5) is 24.6. The number of carboxylic acids is 1. The number of ether oxygens (including phenoxy) is 1. The van der Waals surface area contributed by atoms with Crippen LogP contribution in [0.1, 0.15) is 62.3 Å². The predicted octanol–water partition coefficient (Wildman–Crippen LogP) is 6.10. The summed E-state index contributed by atoms with van der Waals surface area (Å²) >= 11 is 0. The number of halogens is 1. The van der Waals surface area contributed by atoms with E-state index in [1.54, 1.807) is 0 Å². The summed E-state index contributed by atoms with van der Waals surface area (Å²) in [6, 6.07) is 7.86. The molecule has 0 unspecified atom stereocenters. The van der Waals surface area contributed by atoms with Crippen LogP contribution in [-0.2, 0) is 27.6 Å². The summed E-state index contributed by atoms with van der Waals surface area (Å²) < 4.78 is 40.5. The Hall–Kier alpha value is -0.639. The van der Waals surface area contributed by atoms with E-state index in [1.165, 1.54) is 0 Å². The molecule has 0 bridgehead atoms. The Morgan fingerprint density at radius 2 is 1.05 bits per heavy atom. The fourth-order valence-corrected chi connectivity index (χ4v) is 14.4. The van der Waals surface area contributed by atoms with Crippen molar-refractivity contribution in [3.05, 3.63) is 0 Å². The molecule has 5 atom stereocenters. The minimum absolute atomic E-state index is 0.0533. The third-order valence-corrected chi connectivity index (χ3v) is 23.4. The topological polar surface area (TPSA) is 103 Å². The van der Waals surface area contributed by atoms with Gasteiger partial charge in [0.25, 0.3) is 5.91 Å². The SMILES string of the molecule is CC[Si](CC)(CC)O[C@@H]1[C@@H](O[Si](CC)(CC)CC)[C@@H](C(=O)O)O[C@H](CNC(=O)CF)[C@H]1O[Si](CC)(CC)CC. The van der Waals surface area contributed by atoms with Crippen LogP contribution in [0.15, 0.2) is 0 Å². The maximum absolute atomic E-state index is 13.1. The quantitative estimate of drug-likeness (QED) is 0.171. The first kappa shape index (κ1) is 36.4. The molecule has 0 aliphatic carbocycles. The van der Waals surface area contributed by atoms with Gasteiger partial charge in [0.15, 0.2) is 37.7 Å². The summed E-state index contributed by atoms with van der Waals surface area (Å²) in [6.45, 7) is 18.0. The van der Waals surface area contributed by atoms with Gasteiger partial charge in [-0.3, -0.25) is 4.79 Å². The first-order chi connectivity index (χ1) is 18.5. The van der Waals surface area contributed by atoms with Crippen LogP contribution in [0.5, 0.6) is 0 Å². The maximum Gasteiger partial charge on any atom is 0.335 e. The first-order valence-electron chi connectivity index (χ1n) is 15.2. The van der Waals surface area contributed by atoms with Gasteiger partial charge in [-0.15, -0.1) is 0 Å². The Morgan fingerprint density at radius 3 is 1.38 bits per heavy atom. The molecule has 12 heteroatoms. The summed E-state index contributed by atoms with van der Waals surface area (Å²) in [5, 5.41) is 13.0. The zero-order valence-corrected chi connectivity index (χ0v) is 28.9. The van der Waals surface area contributed by atoms with Crippen LogP contribution in [0.4, 0.5) is 4.39 Å². The number of aliphatic carboxylic acids is 1. The highest BCUT2D eigenvalue weighted by Crippen LogP contribution is 2.39. The number of amides is 1. The number of rotatable bonds is 19. The van der Waals surface area contributed by atoms with Gasteiger partial charge in [-0.25, -0.2) is 9.18 Å². The molecule has 0 aromatic heterocycles. The molecule has 1 heterocycles. The molecule has 1 aliphatic heterocycles. The number of carbonyl (C=O) groups excluding carboxylic acids is 1. The summed E-state index contributed by atoms with van der Waals surface area (Å²) in [7, 11) is -6.80. The van der Waals surface area contributed by atoms with E-state index in [2.05, 4.69) is 67.6 Å². The van der Waals surface area contributed by atoms with Gasteiger partial charge in [-0.05, 0) is 54.4 Å². The molecule has 0 spiro atoms. The van der Waals surface area contributed by atoms with Gasteiger partial charge in [-0.1, -0.05) is 62.3 Å². The molecule has 1 amide bonds. The van der Waals surface area contributed by atoms with E-state index in [1.807, 2.05) is 0 Å². The van der Waals surface area contributed by atoms with Gasteiger partial charge in [0.05, 0.1) is 0 Å². The molecule has 1 fully saturated rings. The average Bonchev–Trinajstić information content (AvgIpc) is 2.97. The molecular formula is C27H56FNO7Si3. The van der Waals surface area contributed by atoms with Crippen LogP contribution in [-0.4, -0.2) is 85.7 Å². The lowest BCUT2D eigenvalue weighted by Gasteiger charge is -2.52. The Kier molecular flexibility index (Phi) is 15.6. The number of hydrogen-bond donors (Lipinski definition) is 2. The van der Waals surface area contributed by atoms with Crippen molar-refractivity contribution in [1.29, 1.82) is 0 Å². The summed E-state index contributed by atoms with van der Waals surface area (Å²) in [6.07, 6.45) is -4.21. The molecule has 1 rings (SSSR count). The standard InChI is InChI=1S/C27H56FNO7Si3/c1-10-37(11-2,12-3)34-23-21(20-29-22(30)19-28)33-26(27(31)32)25(36-39(16-7,17-8)18-9)24(23)35-38(13-4,14-5)15-6/h21,23-26H,10-20H2,1-9H3,(H,29,30)(H,31,32)/t21-,23-,24+,25-,26+/m1/s1. The monoisotopic (exact) mass is 609 g/mol. The van der Waals surface area contributed by atoms with Crippen molar-refractivity contribution < 1.29 is 37.1 Å². The van der Waals surface area contributed by atoms with Crippen LogP contribution >= 0.6 is 0 Å². The number of alkyl halides is 1. The first-order valence-corrected chi connectivity index (χ1v) is 22.8. The minimum Gasteiger partial charge on any atom is -0.479 e. The van der Waals surface area contributed by atoms with E-state index in [4.69, 9.17) is 18.0 Å². The molecule has 1 saturated heterocycles. The van der Waals surface area contributed by atoms with Gasteiger partial charge < -0.3 is 28.4 Å². The van der Waals surface area contributed by atoms with Crippen molar-refractivity contribution in [2.45, 2.75) is 147 Å². The van der Waals surface area contributed by atoms with E-state index in [-0.39, 0.29) is 6.54 Å². The van der Waals surface area contributed by atoms with E-state index < -0.39 is 74.0 Å². The van der Waals surface area contributed by atoms with E-state index >= 15 is 0 Å². The average molecular weight is 610 g/mol. The second kappa shape index (κ2) is 16.7. The fraction of sp³-hybridized carbons (Fsp3) is 0.926. The highest BCUT2D eigenvalue weighted by molar-refractivity contribution is 6.74. The van der Waals surface area contributed by atoms with Crippen LogP contribution in [0.3, 0.4) is 0 Å². The smallest absolute Gasteiger partial charge is 0.335 e. The van der Waals surface area contributed by atoms with Crippen molar-refractivity contribution >= 4 is 36.8 Å². The van der Waals surface area contributed by atoms with Gasteiger partial charge in [0, 0.05) is 6.54 Å². The van der Waals surface area contributed by atoms with Crippen molar-refractivity contribution in [2.75, 3.05) is 13.2 Å². The predicted molar refractivity (Wildman–Crippen MR) is 161 cm³/mol. The maximum atomic E-state index is 13.1. The Morgan fingerprint density at radius 1 is 0.692 bits per heavy atom. The van der Waals surface area contributed by atoms with Crippen molar-refractivity contribution in [1.82, 2.24) is 5.32 Å². The minimum atomic E-state index is -2.29. The molecule has 1 aliphatic rings. The molecule has 0 aromatic rings. The highest BCUT2D eigenvalue weighted by atomic mass is 28.4. The van der Waals surface area contributed by atoms with E-state index in [0.29, 0.717) is 0 Å². The fourth-order valence-electron chi connectivity index (χ4n) is 5.81. The van der Waals surface area contributed by atoms with E-state index in [9.17, 15) is 19.1 Å². The lowest BCUT2D eigenvalue weighted by Crippen LogP contribution is -2.69. The molecular weight excluding hydrogens is 554 g/mol. The van der Waals surface area contributed by atoms with Crippen molar-refractivity contribution in [3.63, 3.8) is 0 Å².